The van der Waals surface area contributed by atoms with Gasteiger partial charge in [0.1, 0.15) is 0 Å². The van der Waals surface area contributed by atoms with Gasteiger partial charge >= 0.3 is 0 Å². The fourth-order valence-corrected chi connectivity index (χ4v) is 4.83. The lowest BCUT2D eigenvalue weighted by molar-refractivity contribution is -0.130. The molecule has 0 saturated carbocycles. The number of hydrogen-bond acceptors (Lipinski definition) is 5. The van der Waals surface area contributed by atoms with Crippen LogP contribution in [-0.2, 0) is 26.0 Å². The van der Waals surface area contributed by atoms with Crippen LogP contribution in [0.4, 0.5) is 0 Å². The van der Waals surface area contributed by atoms with Gasteiger partial charge in [0.25, 0.3) is 0 Å². The number of morpholine rings is 1. The molecule has 8 heteroatoms. The standard InChI is InChI=1S/C18H23N3O4S/c1-26(23,24)21-10-11-25-17-7-9-20(8-6-16(17)21)18(22)12-14-2-4-15(13-19)5-3-14/h2-5,16-17H,6-12H2,1H3/t16-,17-/m1/s1. The summed E-state index contributed by atoms with van der Waals surface area (Å²) in [6.07, 6.45) is 2.56. The van der Waals surface area contributed by atoms with E-state index in [2.05, 4.69) is 6.07 Å². The molecule has 2 saturated heterocycles. The Morgan fingerprint density at radius 3 is 2.58 bits per heavy atom. The lowest BCUT2D eigenvalue weighted by Gasteiger charge is -2.38. The molecule has 0 spiro atoms. The second-order valence-corrected chi connectivity index (χ2v) is 8.73. The molecule has 0 N–H and O–H groups in total. The molecule has 2 atom stereocenters. The highest BCUT2D eigenvalue weighted by Crippen LogP contribution is 2.26. The van der Waals surface area contributed by atoms with E-state index in [0.717, 1.165) is 5.56 Å². The van der Waals surface area contributed by atoms with Gasteiger partial charge in [-0.1, -0.05) is 12.1 Å². The average molecular weight is 377 g/mol. The minimum Gasteiger partial charge on any atom is -0.375 e. The predicted molar refractivity (Wildman–Crippen MR) is 95.8 cm³/mol. The molecule has 140 valence electrons. The number of carbonyl (C=O) groups excluding carboxylic acids is 1. The summed E-state index contributed by atoms with van der Waals surface area (Å²) in [5.41, 5.74) is 1.43. The van der Waals surface area contributed by atoms with E-state index in [1.54, 1.807) is 29.2 Å². The van der Waals surface area contributed by atoms with E-state index in [1.807, 2.05) is 0 Å². The van der Waals surface area contributed by atoms with Crippen LogP contribution in [0.25, 0.3) is 0 Å². The van der Waals surface area contributed by atoms with E-state index in [9.17, 15) is 13.2 Å². The zero-order valence-corrected chi connectivity index (χ0v) is 15.6. The quantitative estimate of drug-likeness (QED) is 0.775. The summed E-state index contributed by atoms with van der Waals surface area (Å²) in [5.74, 6) is 0.0132. The molecule has 1 amide bonds. The maximum Gasteiger partial charge on any atom is 0.226 e. The number of carbonyl (C=O) groups is 1. The van der Waals surface area contributed by atoms with Gasteiger partial charge in [0.2, 0.25) is 15.9 Å². The molecular weight excluding hydrogens is 354 g/mol. The van der Waals surface area contributed by atoms with Crippen LogP contribution in [-0.4, -0.2) is 68.2 Å². The van der Waals surface area contributed by atoms with Gasteiger partial charge in [-0.05, 0) is 30.5 Å². The molecule has 2 aliphatic rings. The number of hydrogen-bond donors (Lipinski definition) is 0. The molecular formula is C18H23N3O4S. The number of amides is 1. The maximum absolute atomic E-state index is 12.6. The fraction of sp³-hybridized carbons (Fsp3) is 0.556. The summed E-state index contributed by atoms with van der Waals surface area (Å²) in [6, 6.07) is 8.86. The summed E-state index contributed by atoms with van der Waals surface area (Å²) in [4.78, 5) is 14.4. The molecule has 0 aliphatic carbocycles. The van der Waals surface area contributed by atoms with Crippen molar-refractivity contribution in [2.45, 2.75) is 31.4 Å². The Labute approximate surface area is 154 Å². The fourth-order valence-electron chi connectivity index (χ4n) is 3.69. The molecule has 7 nitrogen and oxygen atoms in total. The highest BCUT2D eigenvalue weighted by Gasteiger charge is 2.39. The van der Waals surface area contributed by atoms with Crippen molar-refractivity contribution in [3.8, 4) is 6.07 Å². The maximum atomic E-state index is 12.6. The van der Waals surface area contributed by atoms with Gasteiger partial charge in [0.05, 0.1) is 43.1 Å². The lowest BCUT2D eigenvalue weighted by Crippen LogP contribution is -2.53. The number of benzene rings is 1. The van der Waals surface area contributed by atoms with Crippen molar-refractivity contribution in [3.05, 3.63) is 35.4 Å². The third kappa shape index (κ3) is 4.23. The Hall–Kier alpha value is -1.95. The first-order chi connectivity index (χ1) is 12.4. The van der Waals surface area contributed by atoms with E-state index in [4.69, 9.17) is 10.00 Å². The normalized spacial score (nSPS) is 24.4. The van der Waals surface area contributed by atoms with Crippen molar-refractivity contribution in [1.29, 1.82) is 5.26 Å². The number of likely N-dealkylation sites (tertiary alicyclic amines) is 1. The van der Waals surface area contributed by atoms with Gasteiger partial charge < -0.3 is 9.64 Å². The van der Waals surface area contributed by atoms with E-state index in [1.165, 1.54) is 10.6 Å². The number of ether oxygens (including phenoxy) is 1. The van der Waals surface area contributed by atoms with Gasteiger partial charge in [-0.25, -0.2) is 8.42 Å². The first kappa shape index (κ1) is 18.8. The largest absolute Gasteiger partial charge is 0.375 e. The molecule has 0 bridgehead atoms. The molecule has 0 unspecified atom stereocenters. The van der Waals surface area contributed by atoms with E-state index >= 15 is 0 Å². The van der Waals surface area contributed by atoms with Crippen molar-refractivity contribution in [2.75, 3.05) is 32.5 Å². The summed E-state index contributed by atoms with van der Waals surface area (Å²) in [6.45, 7) is 1.85. The SMILES string of the molecule is CS(=O)(=O)N1CCO[C@@H]2CCN(C(=O)Cc3ccc(C#N)cc3)CC[C@H]21. The second kappa shape index (κ2) is 7.74. The number of nitrogens with zero attached hydrogens (tertiary/aromatic N) is 3. The number of nitriles is 1. The summed E-state index contributed by atoms with van der Waals surface area (Å²) >= 11 is 0. The Morgan fingerprint density at radius 1 is 1.23 bits per heavy atom. The minimum atomic E-state index is -3.28. The van der Waals surface area contributed by atoms with Crippen LogP contribution in [0.5, 0.6) is 0 Å². The van der Waals surface area contributed by atoms with E-state index in [0.29, 0.717) is 44.6 Å². The predicted octanol–water partition coefficient (Wildman–Crippen LogP) is 0.752. The molecule has 0 radical (unpaired) electrons. The number of rotatable bonds is 3. The Bertz CT molecular complexity index is 801. The van der Waals surface area contributed by atoms with Crippen molar-refractivity contribution in [3.63, 3.8) is 0 Å². The second-order valence-electron chi connectivity index (χ2n) is 6.79. The van der Waals surface area contributed by atoms with Gasteiger partial charge in [-0.3, -0.25) is 4.79 Å². The smallest absolute Gasteiger partial charge is 0.226 e. The monoisotopic (exact) mass is 377 g/mol. The van der Waals surface area contributed by atoms with Crippen LogP contribution in [0.1, 0.15) is 24.0 Å². The third-order valence-electron chi connectivity index (χ3n) is 5.04. The van der Waals surface area contributed by atoms with Crippen LogP contribution in [0.2, 0.25) is 0 Å². The topological polar surface area (TPSA) is 90.7 Å². The van der Waals surface area contributed by atoms with Crippen LogP contribution < -0.4 is 0 Å². The summed E-state index contributed by atoms with van der Waals surface area (Å²) in [7, 11) is -3.28. The van der Waals surface area contributed by atoms with E-state index in [-0.39, 0.29) is 24.5 Å². The summed E-state index contributed by atoms with van der Waals surface area (Å²) in [5, 5.41) is 8.84. The average Bonchev–Trinajstić information content (AvgIpc) is 2.84. The molecule has 0 aromatic heterocycles. The highest BCUT2D eigenvalue weighted by molar-refractivity contribution is 7.88. The zero-order valence-electron chi connectivity index (χ0n) is 14.8. The first-order valence-electron chi connectivity index (χ1n) is 8.74. The molecule has 2 fully saturated rings. The summed E-state index contributed by atoms with van der Waals surface area (Å²) < 4.78 is 31.4. The van der Waals surface area contributed by atoms with Crippen molar-refractivity contribution in [1.82, 2.24) is 9.21 Å². The molecule has 26 heavy (non-hydrogen) atoms. The van der Waals surface area contributed by atoms with Crippen molar-refractivity contribution >= 4 is 15.9 Å². The molecule has 1 aromatic carbocycles. The number of fused-ring (bicyclic) bond motifs is 1. The van der Waals surface area contributed by atoms with Gasteiger partial charge in [0, 0.05) is 19.6 Å². The van der Waals surface area contributed by atoms with Crippen molar-refractivity contribution in [2.24, 2.45) is 0 Å². The molecule has 3 rings (SSSR count). The Kier molecular flexibility index (Phi) is 5.61. The van der Waals surface area contributed by atoms with E-state index < -0.39 is 10.0 Å². The Morgan fingerprint density at radius 2 is 1.92 bits per heavy atom. The lowest BCUT2D eigenvalue weighted by atomic mass is 10.0. The van der Waals surface area contributed by atoms with Gasteiger partial charge in [-0.15, -0.1) is 0 Å². The van der Waals surface area contributed by atoms with Gasteiger partial charge in [0.15, 0.2) is 0 Å². The van der Waals surface area contributed by atoms with Crippen LogP contribution in [0.15, 0.2) is 24.3 Å². The zero-order chi connectivity index (χ0) is 18.7. The van der Waals surface area contributed by atoms with Crippen LogP contribution >= 0.6 is 0 Å². The first-order valence-corrected chi connectivity index (χ1v) is 10.6. The van der Waals surface area contributed by atoms with Crippen molar-refractivity contribution < 1.29 is 17.9 Å². The molecule has 2 heterocycles. The minimum absolute atomic E-state index is 0.0132. The van der Waals surface area contributed by atoms with Crippen LogP contribution in [0.3, 0.4) is 0 Å². The number of sulfonamides is 1. The van der Waals surface area contributed by atoms with Gasteiger partial charge in [-0.2, -0.15) is 9.57 Å². The van der Waals surface area contributed by atoms with Crippen LogP contribution in [0, 0.1) is 11.3 Å². The highest BCUT2D eigenvalue weighted by atomic mass is 32.2. The Balaban J connectivity index is 1.65. The molecule has 1 aromatic rings. The molecule has 2 aliphatic heterocycles. The third-order valence-corrected chi connectivity index (χ3v) is 6.34.